The first-order valence-corrected chi connectivity index (χ1v) is 8.84. The number of nitrogens with zero attached hydrogens (tertiary/aromatic N) is 2. The van der Waals surface area contributed by atoms with E-state index in [1.54, 1.807) is 11.8 Å². The summed E-state index contributed by atoms with van der Waals surface area (Å²) in [6, 6.07) is 14.0. The molecule has 0 fully saturated rings. The Hall–Kier alpha value is -2.47. The highest BCUT2D eigenvalue weighted by atomic mass is 32.2. The van der Waals surface area contributed by atoms with Crippen LogP contribution in [0.5, 0.6) is 11.5 Å². The summed E-state index contributed by atoms with van der Waals surface area (Å²) in [5.74, 6) is 3.39. The first-order chi connectivity index (χ1) is 11.8. The molecule has 0 saturated heterocycles. The minimum absolute atomic E-state index is 0.292. The van der Waals surface area contributed by atoms with Crippen molar-refractivity contribution >= 4 is 28.5 Å². The zero-order chi connectivity index (χ0) is 16.4. The number of hydrogen-bond acceptors (Lipinski definition) is 6. The Labute approximate surface area is 144 Å². The Balaban J connectivity index is 1.61. The number of para-hydroxylation sites is 1. The van der Waals surface area contributed by atoms with Crippen molar-refractivity contribution in [3.63, 3.8) is 0 Å². The van der Waals surface area contributed by atoms with Crippen LogP contribution in [-0.2, 0) is 6.54 Å². The van der Waals surface area contributed by atoms with Gasteiger partial charge in [-0.1, -0.05) is 36.9 Å². The van der Waals surface area contributed by atoms with Gasteiger partial charge >= 0.3 is 0 Å². The lowest BCUT2D eigenvalue weighted by Crippen LogP contribution is -2.04. The lowest BCUT2D eigenvalue weighted by atomic mass is 10.2. The molecule has 1 aromatic heterocycles. The van der Waals surface area contributed by atoms with E-state index in [9.17, 15) is 0 Å². The van der Waals surface area contributed by atoms with E-state index in [0.29, 0.717) is 13.3 Å². The van der Waals surface area contributed by atoms with Gasteiger partial charge < -0.3 is 14.8 Å². The topological polar surface area (TPSA) is 56.3 Å². The Morgan fingerprint density at radius 2 is 1.96 bits per heavy atom. The summed E-state index contributed by atoms with van der Waals surface area (Å²) < 4.78 is 10.8. The number of thioether (sulfide) groups is 1. The Bertz CT molecular complexity index is 885. The molecule has 0 radical (unpaired) electrons. The fourth-order valence-corrected chi connectivity index (χ4v) is 3.20. The normalized spacial score (nSPS) is 12.5. The zero-order valence-corrected chi connectivity index (χ0v) is 14.1. The van der Waals surface area contributed by atoms with Gasteiger partial charge in [-0.25, -0.2) is 9.97 Å². The third-order valence-corrected chi connectivity index (χ3v) is 4.48. The number of benzene rings is 2. The monoisotopic (exact) mass is 339 g/mol. The van der Waals surface area contributed by atoms with Crippen LogP contribution in [0.15, 0.2) is 47.6 Å². The van der Waals surface area contributed by atoms with Gasteiger partial charge in [0, 0.05) is 11.9 Å². The highest BCUT2D eigenvalue weighted by Crippen LogP contribution is 2.33. The second-order valence-corrected chi connectivity index (χ2v) is 6.58. The van der Waals surface area contributed by atoms with Crippen LogP contribution >= 0.6 is 11.8 Å². The summed E-state index contributed by atoms with van der Waals surface area (Å²) in [6.07, 6.45) is 0. The van der Waals surface area contributed by atoms with Crippen LogP contribution < -0.4 is 14.8 Å². The van der Waals surface area contributed by atoms with E-state index in [4.69, 9.17) is 9.47 Å². The summed E-state index contributed by atoms with van der Waals surface area (Å²) in [5.41, 5.74) is 2.07. The first-order valence-electron chi connectivity index (χ1n) is 7.85. The van der Waals surface area contributed by atoms with Crippen LogP contribution in [0.2, 0.25) is 0 Å². The molecule has 5 nitrogen and oxygen atoms in total. The Morgan fingerprint density at radius 1 is 1.08 bits per heavy atom. The van der Waals surface area contributed by atoms with Gasteiger partial charge in [0.2, 0.25) is 6.79 Å². The number of anilines is 1. The lowest BCUT2D eigenvalue weighted by molar-refractivity contribution is 0.174. The highest BCUT2D eigenvalue weighted by Gasteiger charge is 2.13. The molecule has 0 bridgehead atoms. The molecule has 3 aromatic rings. The van der Waals surface area contributed by atoms with Gasteiger partial charge in [0.05, 0.1) is 5.52 Å². The molecule has 0 amide bonds. The molecular weight excluding hydrogens is 322 g/mol. The largest absolute Gasteiger partial charge is 0.454 e. The average Bonchev–Trinajstić information content (AvgIpc) is 3.07. The molecule has 1 aliphatic heterocycles. The van der Waals surface area contributed by atoms with E-state index >= 15 is 0 Å². The summed E-state index contributed by atoms with van der Waals surface area (Å²) >= 11 is 1.64. The van der Waals surface area contributed by atoms with E-state index < -0.39 is 0 Å². The van der Waals surface area contributed by atoms with Gasteiger partial charge in [-0.3, -0.25) is 0 Å². The van der Waals surface area contributed by atoms with Gasteiger partial charge in [0.15, 0.2) is 16.7 Å². The smallest absolute Gasteiger partial charge is 0.231 e. The van der Waals surface area contributed by atoms with Crippen LogP contribution in [0.3, 0.4) is 0 Å². The molecule has 2 heterocycles. The Morgan fingerprint density at radius 3 is 2.88 bits per heavy atom. The van der Waals surface area contributed by atoms with Gasteiger partial charge in [0.1, 0.15) is 5.82 Å². The van der Waals surface area contributed by atoms with Crippen molar-refractivity contribution in [1.82, 2.24) is 9.97 Å². The number of rotatable bonds is 5. The van der Waals surface area contributed by atoms with Crippen molar-refractivity contribution < 1.29 is 9.47 Å². The molecule has 6 heteroatoms. The van der Waals surface area contributed by atoms with E-state index in [0.717, 1.165) is 44.7 Å². The summed E-state index contributed by atoms with van der Waals surface area (Å²) in [7, 11) is 0. The number of hydrogen-bond donors (Lipinski definition) is 1. The average molecular weight is 339 g/mol. The molecule has 0 unspecified atom stereocenters. The SMILES string of the molecule is CCSc1nc(NCc2ccc3c(c2)OCO3)c2ccccc2n1. The van der Waals surface area contributed by atoms with Crippen LogP contribution in [-0.4, -0.2) is 22.5 Å². The van der Waals surface area contributed by atoms with E-state index in [1.165, 1.54) is 0 Å². The zero-order valence-electron chi connectivity index (χ0n) is 13.3. The third kappa shape index (κ3) is 2.97. The van der Waals surface area contributed by atoms with Crippen molar-refractivity contribution in [2.24, 2.45) is 0 Å². The third-order valence-electron chi connectivity index (χ3n) is 3.75. The maximum atomic E-state index is 5.43. The van der Waals surface area contributed by atoms with Gasteiger partial charge in [0.25, 0.3) is 0 Å². The second kappa shape index (κ2) is 6.57. The minimum atomic E-state index is 0.292. The molecule has 24 heavy (non-hydrogen) atoms. The van der Waals surface area contributed by atoms with Crippen LogP contribution in [0.4, 0.5) is 5.82 Å². The summed E-state index contributed by atoms with van der Waals surface area (Å²) in [5, 5.41) is 5.26. The van der Waals surface area contributed by atoms with Gasteiger partial charge in [-0.05, 0) is 35.6 Å². The molecule has 122 valence electrons. The molecule has 0 atom stereocenters. The quantitative estimate of drug-likeness (QED) is 0.558. The van der Waals surface area contributed by atoms with Crippen molar-refractivity contribution in [1.29, 1.82) is 0 Å². The van der Waals surface area contributed by atoms with Crippen molar-refractivity contribution in [2.75, 3.05) is 17.9 Å². The van der Waals surface area contributed by atoms with Crippen molar-refractivity contribution in [2.45, 2.75) is 18.6 Å². The number of aromatic nitrogens is 2. The van der Waals surface area contributed by atoms with E-state index in [1.807, 2.05) is 42.5 Å². The van der Waals surface area contributed by atoms with Gasteiger partial charge in [-0.2, -0.15) is 0 Å². The van der Waals surface area contributed by atoms with Crippen LogP contribution in [0.1, 0.15) is 12.5 Å². The number of nitrogens with one attached hydrogen (secondary N) is 1. The second-order valence-electron chi connectivity index (χ2n) is 5.35. The fraction of sp³-hybridized carbons (Fsp3) is 0.222. The van der Waals surface area contributed by atoms with Crippen molar-refractivity contribution in [3.05, 3.63) is 48.0 Å². The molecule has 0 saturated carbocycles. The summed E-state index contributed by atoms with van der Waals surface area (Å²) in [4.78, 5) is 9.27. The first kappa shape index (κ1) is 15.1. The molecule has 0 spiro atoms. The van der Waals surface area contributed by atoms with Gasteiger partial charge in [-0.15, -0.1) is 0 Å². The number of ether oxygens (including phenoxy) is 2. The summed E-state index contributed by atoms with van der Waals surface area (Å²) in [6.45, 7) is 3.05. The predicted molar refractivity (Wildman–Crippen MR) is 95.8 cm³/mol. The molecule has 0 aliphatic carbocycles. The molecule has 4 rings (SSSR count). The van der Waals surface area contributed by atoms with Crippen LogP contribution in [0, 0.1) is 0 Å². The predicted octanol–water partition coefficient (Wildman–Crippen LogP) is 4.08. The fourth-order valence-electron chi connectivity index (χ4n) is 2.62. The standard InChI is InChI=1S/C18H17N3O2S/c1-2-24-18-20-14-6-4-3-5-13(14)17(21-18)19-10-12-7-8-15-16(9-12)23-11-22-15/h3-9H,2,10-11H2,1H3,(H,19,20,21). The van der Waals surface area contributed by atoms with Crippen molar-refractivity contribution in [3.8, 4) is 11.5 Å². The molecule has 1 N–H and O–H groups in total. The Kier molecular flexibility index (Phi) is 4.13. The van der Waals surface area contributed by atoms with E-state index in [-0.39, 0.29) is 0 Å². The number of fused-ring (bicyclic) bond motifs is 2. The lowest BCUT2D eigenvalue weighted by Gasteiger charge is -2.11. The van der Waals surface area contributed by atoms with Crippen LogP contribution in [0.25, 0.3) is 10.9 Å². The molecule has 1 aliphatic rings. The maximum absolute atomic E-state index is 5.43. The van der Waals surface area contributed by atoms with E-state index in [2.05, 4.69) is 22.2 Å². The molecule has 2 aromatic carbocycles. The maximum Gasteiger partial charge on any atom is 0.231 e. The minimum Gasteiger partial charge on any atom is -0.454 e. The molecular formula is C18H17N3O2S. The highest BCUT2D eigenvalue weighted by molar-refractivity contribution is 7.99.